The maximum Gasteiger partial charge on any atom is 0.102 e. The number of allylic oxidation sites excluding steroid dienone is 2. The summed E-state index contributed by atoms with van der Waals surface area (Å²) in [6, 6.07) is 10.5. The van der Waals surface area contributed by atoms with Gasteiger partial charge in [-0.1, -0.05) is 42.5 Å². The molecule has 1 aromatic rings. The van der Waals surface area contributed by atoms with Crippen LogP contribution >= 0.6 is 0 Å². The van der Waals surface area contributed by atoms with Crippen molar-refractivity contribution in [1.29, 1.82) is 0 Å². The number of benzene rings is 1. The highest BCUT2D eigenvalue weighted by atomic mass is 15.2. The van der Waals surface area contributed by atoms with Crippen LogP contribution in [0.25, 0.3) is 0 Å². The van der Waals surface area contributed by atoms with Crippen molar-refractivity contribution in [2.24, 2.45) is 0 Å². The summed E-state index contributed by atoms with van der Waals surface area (Å²) in [6.07, 6.45) is 6.31. The van der Waals surface area contributed by atoms with Crippen molar-refractivity contribution in [3.63, 3.8) is 0 Å². The zero-order chi connectivity index (χ0) is 10.5. The lowest BCUT2D eigenvalue weighted by molar-refractivity contribution is 0.380. The fourth-order valence-corrected chi connectivity index (χ4v) is 1.65. The molecule has 0 radical (unpaired) electrons. The molecule has 1 aromatic carbocycles. The van der Waals surface area contributed by atoms with E-state index in [4.69, 9.17) is 0 Å². The molecule has 2 heteroatoms. The molecule has 15 heavy (non-hydrogen) atoms. The molecule has 0 saturated heterocycles. The second-order valence-electron chi connectivity index (χ2n) is 3.70. The summed E-state index contributed by atoms with van der Waals surface area (Å²) in [7, 11) is 2.10. The summed E-state index contributed by atoms with van der Waals surface area (Å²) in [5.41, 5.74) is 1.33. The molecule has 0 atom stereocenters. The molecule has 1 aliphatic heterocycles. The third-order valence-electron chi connectivity index (χ3n) is 2.47. The zero-order valence-electron chi connectivity index (χ0n) is 8.98. The molecule has 0 aliphatic carbocycles. The second kappa shape index (κ2) is 4.69. The molecule has 0 spiro atoms. The first-order valence-electron chi connectivity index (χ1n) is 5.22. The molecule has 1 N–H and O–H groups in total. The summed E-state index contributed by atoms with van der Waals surface area (Å²) in [4.78, 5) is 2.22. The van der Waals surface area contributed by atoms with Gasteiger partial charge >= 0.3 is 0 Å². The Morgan fingerprint density at radius 1 is 1.27 bits per heavy atom. The van der Waals surface area contributed by atoms with Crippen molar-refractivity contribution in [2.45, 2.75) is 6.54 Å². The van der Waals surface area contributed by atoms with Crippen LogP contribution in [0.5, 0.6) is 0 Å². The van der Waals surface area contributed by atoms with Gasteiger partial charge in [0.05, 0.1) is 0 Å². The van der Waals surface area contributed by atoms with E-state index in [0.29, 0.717) is 0 Å². The van der Waals surface area contributed by atoms with E-state index in [0.717, 1.165) is 13.1 Å². The Kier molecular flexibility index (Phi) is 3.08. The minimum Gasteiger partial charge on any atom is -0.368 e. The van der Waals surface area contributed by atoms with Crippen molar-refractivity contribution in [3.05, 3.63) is 59.9 Å². The van der Waals surface area contributed by atoms with Gasteiger partial charge in [0.15, 0.2) is 0 Å². The van der Waals surface area contributed by atoms with Crippen molar-refractivity contribution in [2.75, 3.05) is 13.6 Å². The second-order valence-corrected chi connectivity index (χ2v) is 3.70. The summed E-state index contributed by atoms with van der Waals surface area (Å²) in [5.74, 6) is 1.18. The molecule has 0 amide bonds. The Balaban J connectivity index is 2.00. The van der Waals surface area contributed by atoms with Gasteiger partial charge < -0.3 is 10.2 Å². The molecule has 0 aromatic heterocycles. The predicted octanol–water partition coefficient (Wildman–Crippen LogP) is 2.12. The topological polar surface area (TPSA) is 15.3 Å². The van der Waals surface area contributed by atoms with Crippen LogP contribution in [0.4, 0.5) is 0 Å². The van der Waals surface area contributed by atoms with E-state index in [1.54, 1.807) is 0 Å². The van der Waals surface area contributed by atoms with E-state index in [1.165, 1.54) is 11.4 Å². The lowest BCUT2D eigenvalue weighted by Crippen LogP contribution is -2.29. The standard InChI is InChI=1S/C13H16N2/c1-15(13-9-5-6-10-14-13)11-12-7-3-2-4-8-12/h2-9,14H,10-11H2,1H3. The van der Waals surface area contributed by atoms with Gasteiger partial charge in [0.1, 0.15) is 5.82 Å². The fraction of sp³-hybridized carbons (Fsp3) is 0.231. The smallest absolute Gasteiger partial charge is 0.102 e. The number of dihydropyridines is 1. The minimum atomic E-state index is 0.922. The average Bonchev–Trinajstić information content (AvgIpc) is 2.31. The van der Waals surface area contributed by atoms with Crippen molar-refractivity contribution in [1.82, 2.24) is 10.2 Å². The van der Waals surface area contributed by atoms with Crippen LogP contribution in [-0.2, 0) is 6.54 Å². The molecule has 1 heterocycles. The first-order chi connectivity index (χ1) is 7.36. The van der Waals surface area contributed by atoms with Gasteiger partial charge in [-0.2, -0.15) is 0 Å². The largest absolute Gasteiger partial charge is 0.368 e. The van der Waals surface area contributed by atoms with Crippen LogP contribution in [0.15, 0.2) is 54.4 Å². The maximum absolute atomic E-state index is 3.34. The number of rotatable bonds is 3. The van der Waals surface area contributed by atoms with E-state index < -0.39 is 0 Å². The van der Waals surface area contributed by atoms with Gasteiger partial charge in [0.2, 0.25) is 0 Å². The van der Waals surface area contributed by atoms with Crippen LogP contribution < -0.4 is 5.32 Å². The zero-order valence-corrected chi connectivity index (χ0v) is 8.98. The molecule has 0 saturated carbocycles. The molecule has 0 bridgehead atoms. The molecule has 2 nitrogen and oxygen atoms in total. The summed E-state index contributed by atoms with van der Waals surface area (Å²) in [6.45, 7) is 1.86. The van der Waals surface area contributed by atoms with Crippen molar-refractivity contribution >= 4 is 0 Å². The van der Waals surface area contributed by atoms with E-state index in [2.05, 4.69) is 59.8 Å². The predicted molar refractivity (Wildman–Crippen MR) is 63.1 cm³/mol. The number of nitrogens with one attached hydrogen (secondary N) is 1. The Hall–Kier alpha value is -1.70. The summed E-state index contributed by atoms with van der Waals surface area (Å²) in [5, 5.41) is 3.34. The minimum absolute atomic E-state index is 0.922. The molecule has 78 valence electrons. The quantitative estimate of drug-likeness (QED) is 0.804. The SMILES string of the molecule is CN(Cc1ccccc1)C1=CC=CCN1. The number of hydrogen-bond donors (Lipinski definition) is 1. The third-order valence-corrected chi connectivity index (χ3v) is 2.47. The Morgan fingerprint density at radius 2 is 2.07 bits per heavy atom. The van der Waals surface area contributed by atoms with Crippen LogP contribution in [-0.4, -0.2) is 18.5 Å². The lowest BCUT2D eigenvalue weighted by atomic mass is 10.2. The van der Waals surface area contributed by atoms with E-state index in [-0.39, 0.29) is 0 Å². The summed E-state index contributed by atoms with van der Waals surface area (Å²) >= 11 is 0. The maximum atomic E-state index is 3.34. The first kappa shape index (κ1) is 9.84. The van der Waals surface area contributed by atoms with Crippen LogP contribution in [0.3, 0.4) is 0 Å². The third kappa shape index (κ3) is 2.62. The van der Waals surface area contributed by atoms with Gasteiger partial charge in [-0.15, -0.1) is 0 Å². The molecule has 1 aliphatic rings. The van der Waals surface area contributed by atoms with Crippen LogP contribution in [0.1, 0.15) is 5.56 Å². The molecule has 0 fully saturated rings. The van der Waals surface area contributed by atoms with Crippen LogP contribution in [0, 0.1) is 0 Å². The van der Waals surface area contributed by atoms with Gasteiger partial charge in [-0.05, 0) is 11.6 Å². The Bertz CT molecular complexity index is 365. The molecular weight excluding hydrogens is 184 g/mol. The molecule has 0 unspecified atom stereocenters. The lowest BCUT2D eigenvalue weighted by Gasteiger charge is -2.24. The van der Waals surface area contributed by atoms with E-state index >= 15 is 0 Å². The normalized spacial score (nSPS) is 14.3. The monoisotopic (exact) mass is 200 g/mol. The Morgan fingerprint density at radius 3 is 2.73 bits per heavy atom. The number of hydrogen-bond acceptors (Lipinski definition) is 2. The van der Waals surface area contributed by atoms with Crippen LogP contribution in [0.2, 0.25) is 0 Å². The first-order valence-corrected chi connectivity index (χ1v) is 5.22. The fourth-order valence-electron chi connectivity index (χ4n) is 1.65. The van der Waals surface area contributed by atoms with E-state index in [9.17, 15) is 0 Å². The highest BCUT2D eigenvalue weighted by Gasteiger charge is 2.04. The number of nitrogens with zero attached hydrogens (tertiary/aromatic N) is 1. The van der Waals surface area contributed by atoms with E-state index in [1.807, 2.05) is 6.07 Å². The Labute approximate surface area is 90.9 Å². The van der Waals surface area contributed by atoms with Gasteiger partial charge in [-0.25, -0.2) is 0 Å². The summed E-state index contributed by atoms with van der Waals surface area (Å²) < 4.78 is 0. The molecular formula is C13H16N2. The van der Waals surface area contributed by atoms with Gasteiger partial charge in [0.25, 0.3) is 0 Å². The average molecular weight is 200 g/mol. The van der Waals surface area contributed by atoms with Crippen molar-refractivity contribution in [3.8, 4) is 0 Å². The van der Waals surface area contributed by atoms with Crippen molar-refractivity contribution < 1.29 is 0 Å². The molecule has 2 rings (SSSR count). The van der Waals surface area contributed by atoms with Gasteiger partial charge in [0, 0.05) is 20.1 Å². The van der Waals surface area contributed by atoms with Gasteiger partial charge in [-0.3, -0.25) is 0 Å². The highest BCUT2D eigenvalue weighted by Crippen LogP contribution is 2.08. The highest BCUT2D eigenvalue weighted by molar-refractivity contribution is 5.19.